The Morgan fingerprint density at radius 3 is 2.67 bits per heavy atom. The summed E-state index contributed by atoms with van der Waals surface area (Å²) in [4.78, 5) is 24.4. The van der Waals surface area contributed by atoms with Gasteiger partial charge >= 0.3 is 0 Å². The first kappa shape index (κ1) is 15.2. The first-order valence-corrected chi connectivity index (χ1v) is 7.32. The maximum atomic E-state index is 12.0. The van der Waals surface area contributed by atoms with Crippen molar-refractivity contribution in [2.75, 3.05) is 5.32 Å². The summed E-state index contributed by atoms with van der Waals surface area (Å²) in [6.07, 6.45) is 0.713. The topological polar surface area (TPSA) is 98.2 Å². The molecule has 3 N–H and O–H groups in total. The monoisotopic (exact) mass is 307 g/mol. The number of nitrogens with one attached hydrogen (secondary N) is 1. The fourth-order valence-corrected chi connectivity index (χ4v) is 3.05. The van der Waals surface area contributed by atoms with E-state index in [4.69, 9.17) is 10.3 Å². The molecule has 7 heteroatoms. The van der Waals surface area contributed by atoms with Crippen LogP contribution < -0.4 is 11.1 Å². The van der Waals surface area contributed by atoms with Gasteiger partial charge in [-0.3, -0.25) is 9.59 Å². The number of thiophene rings is 1. The van der Waals surface area contributed by atoms with E-state index >= 15 is 0 Å². The fraction of sp³-hybridized carbons (Fsp3) is 0.357. The van der Waals surface area contributed by atoms with Crippen LogP contribution in [0, 0.1) is 20.8 Å². The summed E-state index contributed by atoms with van der Waals surface area (Å²) in [5.74, 6) is -0.0536. The summed E-state index contributed by atoms with van der Waals surface area (Å²) in [6, 6.07) is 1.79. The van der Waals surface area contributed by atoms with E-state index in [9.17, 15) is 9.59 Å². The van der Waals surface area contributed by atoms with Crippen LogP contribution in [0.25, 0.3) is 0 Å². The number of carbonyl (C=O) groups is 2. The van der Waals surface area contributed by atoms with Crippen LogP contribution in [0.4, 0.5) is 5.00 Å². The highest BCUT2D eigenvalue weighted by Gasteiger charge is 2.19. The number of primary amides is 1. The number of rotatable bonds is 5. The van der Waals surface area contributed by atoms with E-state index in [2.05, 4.69) is 10.5 Å². The highest BCUT2D eigenvalue weighted by Crippen LogP contribution is 2.32. The minimum atomic E-state index is -0.530. The molecular formula is C14H17N3O3S. The smallest absolute Gasteiger partial charge is 0.251 e. The Morgan fingerprint density at radius 1 is 1.38 bits per heavy atom. The van der Waals surface area contributed by atoms with Crippen molar-refractivity contribution >= 4 is 28.2 Å². The minimum Gasteiger partial charge on any atom is -0.365 e. The third kappa shape index (κ3) is 3.49. The molecule has 0 fully saturated rings. The summed E-state index contributed by atoms with van der Waals surface area (Å²) in [7, 11) is 0. The summed E-state index contributed by atoms with van der Waals surface area (Å²) in [6.45, 7) is 5.53. The number of hydrogen-bond acceptors (Lipinski definition) is 5. The van der Waals surface area contributed by atoms with Crippen molar-refractivity contribution < 1.29 is 14.1 Å². The lowest BCUT2D eigenvalue weighted by Gasteiger charge is -2.04. The van der Waals surface area contributed by atoms with E-state index in [0.29, 0.717) is 22.7 Å². The van der Waals surface area contributed by atoms with Crippen molar-refractivity contribution in [3.05, 3.63) is 33.5 Å². The van der Waals surface area contributed by atoms with Crippen LogP contribution in [0.2, 0.25) is 0 Å². The molecular weight excluding hydrogens is 290 g/mol. The second-order valence-electron chi connectivity index (χ2n) is 4.83. The van der Waals surface area contributed by atoms with Crippen LogP contribution in [0.1, 0.15) is 38.7 Å². The summed E-state index contributed by atoms with van der Waals surface area (Å²) >= 11 is 1.35. The van der Waals surface area contributed by atoms with Gasteiger partial charge in [-0.1, -0.05) is 5.16 Å². The Balaban J connectivity index is 2.03. The summed E-state index contributed by atoms with van der Waals surface area (Å²) in [5.41, 5.74) is 7.35. The molecule has 2 aromatic heterocycles. The Morgan fingerprint density at radius 2 is 2.10 bits per heavy atom. The molecule has 2 heterocycles. The summed E-state index contributed by atoms with van der Waals surface area (Å²) in [5, 5.41) is 7.02. The van der Waals surface area contributed by atoms with Gasteiger partial charge in [-0.05, 0) is 26.3 Å². The number of aryl methyl sites for hydroxylation is 3. The molecule has 0 aromatic carbocycles. The Hall–Kier alpha value is -2.15. The molecule has 0 spiro atoms. The first-order valence-electron chi connectivity index (χ1n) is 6.50. The third-order valence-electron chi connectivity index (χ3n) is 3.16. The molecule has 0 saturated carbocycles. The molecule has 0 aliphatic carbocycles. The van der Waals surface area contributed by atoms with E-state index in [0.717, 1.165) is 16.1 Å². The van der Waals surface area contributed by atoms with Gasteiger partial charge in [0, 0.05) is 23.8 Å². The molecule has 2 amide bonds. The van der Waals surface area contributed by atoms with Crippen LogP contribution in [-0.4, -0.2) is 17.0 Å². The number of amides is 2. The van der Waals surface area contributed by atoms with Gasteiger partial charge in [-0.25, -0.2) is 0 Å². The van der Waals surface area contributed by atoms with Gasteiger partial charge in [0.1, 0.15) is 10.8 Å². The molecule has 0 aliphatic heterocycles. The van der Waals surface area contributed by atoms with Crippen LogP contribution in [0.15, 0.2) is 10.6 Å². The standard InChI is InChI=1S/C14H17N3O3S/c1-7-6-10(20-17-7)4-5-11(18)16-14-12(13(15)19)8(2)9(3)21-14/h6H,4-5H2,1-3H3,(H2,15,19)(H,16,18). The van der Waals surface area contributed by atoms with E-state index in [1.165, 1.54) is 11.3 Å². The van der Waals surface area contributed by atoms with Gasteiger partial charge in [0.15, 0.2) is 0 Å². The normalized spacial score (nSPS) is 10.6. The number of aromatic nitrogens is 1. The largest absolute Gasteiger partial charge is 0.365 e. The zero-order valence-corrected chi connectivity index (χ0v) is 13.0. The highest BCUT2D eigenvalue weighted by molar-refractivity contribution is 7.16. The van der Waals surface area contributed by atoms with E-state index in [-0.39, 0.29) is 12.3 Å². The zero-order valence-electron chi connectivity index (χ0n) is 12.1. The second kappa shape index (κ2) is 6.09. The van der Waals surface area contributed by atoms with Gasteiger partial charge in [0.05, 0.1) is 11.3 Å². The Kier molecular flexibility index (Phi) is 4.42. The Bertz CT molecular complexity index is 688. The number of carbonyl (C=O) groups excluding carboxylic acids is 2. The van der Waals surface area contributed by atoms with E-state index < -0.39 is 5.91 Å². The number of nitrogens with zero attached hydrogens (tertiary/aromatic N) is 1. The molecule has 0 atom stereocenters. The quantitative estimate of drug-likeness (QED) is 0.885. The van der Waals surface area contributed by atoms with Crippen molar-refractivity contribution in [2.45, 2.75) is 33.6 Å². The lowest BCUT2D eigenvalue weighted by molar-refractivity contribution is -0.116. The molecule has 0 saturated heterocycles. The highest BCUT2D eigenvalue weighted by atomic mass is 32.1. The molecule has 6 nitrogen and oxygen atoms in total. The van der Waals surface area contributed by atoms with Crippen LogP contribution >= 0.6 is 11.3 Å². The minimum absolute atomic E-state index is 0.187. The first-order chi connectivity index (χ1) is 9.88. The van der Waals surface area contributed by atoms with Gasteiger partial charge in [-0.2, -0.15) is 0 Å². The average Bonchev–Trinajstić information content (AvgIpc) is 2.92. The molecule has 2 aromatic rings. The molecule has 2 rings (SSSR count). The van der Waals surface area contributed by atoms with Crippen molar-refractivity contribution in [2.24, 2.45) is 5.73 Å². The zero-order chi connectivity index (χ0) is 15.6. The number of hydrogen-bond donors (Lipinski definition) is 2. The predicted octanol–water partition coefficient (Wildman–Crippen LogP) is 2.33. The van der Waals surface area contributed by atoms with Crippen molar-refractivity contribution in [3.8, 4) is 0 Å². The molecule has 0 aliphatic rings. The van der Waals surface area contributed by atoms with Crippen molar-refractivity contribution in [3.63, 3.8) is 0 Å². The van der Waals surface area contributed by atoms with Crippen LogP contribution in [-0.2, 0) is 11.2 Å². The van der Waals surface area contributed by atoms with E-state index in [1.807, 2.05) is 20.8 Å². The lowest BCUT2D eigenvalue weighted by atomic mass is 10.1. The third-order valence-corrected chi connectivity index (χ3v) is 4.28. The number of nitrogens with two attached hydrogens (primary N) is 1. The molecule has 0 bridgehead atoms. The van der Waals surface area contributed by atoms with Gasteiger partial charge < -0.3 is 15.6 Å². The van der Waals surface area contributed by atoms with Gasteiger partial charge in [0.2, 0.25) is 5.91 Å². The molecule has 21 heavy (non-hydrogen) atoms. The Labute approximate surface area is 126 Å². The van der Waals surface area contributed by atoms with Crippen molar-refractivity contribution in [1.82, 2.24) is 5.16 Å². The van der Waals surface area contributed by atoms with Gasteiger partial charge in [0.25, 0.3) is 5.91 Å². The van der Waals surface area contributed by atoms with E-state index in [1.54, 1.807) is 6.07 Å². The molecule has 0 unspecified atom stereocenters. The molecule has 0 radical (unpaired) electrons. The maximum absolute atomic E-state index is 12.0. The summed E-state index contributed by atoms with van der Waals surface area (Å²) < 4.78 is 5.05. The van der Waals surface area contributed by atoms with Gasteiger partial charge in [-0.15, -0.1) is 11.3 Å². The second-order valence-corrected chi connectivity index (χ2v) is 6.06. The van der Waals surface area contributed by atoms with Crippen LogP contribution in [0.5, 0.6) is 0 Å². The van der Waals surface area contributed by atoms with Crippen LogP contribution in [0.3, 0.4) is 0 Å². The SMILES string of the molecule is Cc1cc(CCC(=O)Nc2sc(C)c(C)c2C(N)=O)on1. The number of anilines is 1. The average molecular weight is 307 g/mol. The predicted molar refractivity (Wildman–Crippen MR) is 80.5 cm³/mol. The lowest BCUT2D eigenvalue weighted by Crippen LogP contribution is -2.17. The maximum Gasteiger partial charge on any atom is 0.251 e. The molecule has 112 valence electrons. The van der Waals surface area contributed by atoms with Crippen molar-refractivity contribution in [1.29, 1.82) is 0 Å². The fourth-order valence-electron chi connectivity index (χ4n) is 1.97.